The number of rotatable bonds is 4. The maximum Gasteiger partial charge on any atom is 0.281 e. The molecule has 0 N–H and O–H groups in total. The molecule has 1 aliphatic rings. The van der Waals surface area contributed by atoms with E-state index in [1.54, 1.807) is 44.0 Å². The SMILES string of the molecule is Cc1ncc(-c2cncc(C3CCCN(S(=O)(=O)N(C)C)C3)n2)s1. The molecule has 0 radical (unpaired) electrons. The Morgan fingerprint density at radius 2 is 2.08 bits per heavy atom. The molecule has 0 aliphatic carbocycles. The maximum absolute atomic E-state index is 12.4. The zero-order chi connectivity index (χ0) is 17.3. The van der Waals surface area contributed by atoms with Crippen molar-refractivity contribution in [1.29, 1.82) is 0 Å². The molecule has 0 spiro atoms. The quantitative estimate of drug-likeness (QED) is 0.824. The summed E-state index contributed by atoms with van der Waals surface area (Å²) in [5.41, 5.74) is 1.64. The van der Waals surface area contributed by atoms with Crippen LogP contribution in [0.1, 0.15) is 29.5 Å². The van der Waals surface area contributed by atoms with Gasteiger partial charge in [-0.2, -0.15) is 17.0 Å². The number of aromatic nitrogens is 3. The molecule has 1 aliphatic heterocycles. The lowest BCUT2D eigenvalue weighted by molar-refractivity contribution is 0.296. The highest BCUT2D eigenvalue weighted by molar-refractivity contribution is 7.86. The van der Waals surface area contributed by atoms with Crippen molar-refractivity contribution in [3.63, 3.8) is 0 Å². The lowest BCUT2D eigenvalue weighted by atomic mass is 9.96. The molecule has 0 amide bonds. The normalized spacial score (nSPS) is 19.8. The predicted octanol–water partition coefficient (Wildman–Crippen LogP) is 1.89. The van der Waals surface area contributed by atoms with E-state index in [-0.39, 0.29) is 5.92 Å². The number of thiazole rings is 1. The molecule has 0 aromatic carbocycles. The summed E-state index contributed by atoms with van der Waals surface area (Å²) in [4.78, 5) is 14.3. The Kier molecular flexibility index (Phi) is 4.95. The van der Waals surface area contributed by atoms with Gasteiger partial charge in [-0.25, -0.2) is 9.97 Å². The van der Waals surface area contributed by atoms with Crippen LogP contribution in [0.5, 0.6) is 0 Å². The lowest BCUT2D eigenvalue weighted by Crippen LogP contribution is -2.45. The minimum Gasteiger partial charge on any atom is -0.261 e. The molecule has 3 heterocycles. The predicted molar refractivity (Wildman–Crippen MR) is 94.0 cm³/mol. The van der Waals surface area contributed by atoms with Crippen molar-refractivity contribution in [1.82, 2.24) is 23.6 Å². The fraction of sp³-hybridized carbons (Fsp3) is 0.533. The zero-order valence-corrected chi connectivity index (χ0v) is 15.6. The van der Waals surface area contributed by atoms with Gasteiger partial charge >= 0.3 is 0 Å². The van der Waals surface area contributed by atoms with Crippen LogP contribution in [0.3, 0.4) is 0 Å². The molecule has 0 bridgehead atoms. The van der Waals surface area contributed by atoms with E-state index in [4.69, 9.17) is 4.98 Å². The number of hydrogen-bond donors (Lipinski definition) is 0. The van der Waals surface area contributed by atoms with Gasteiger partial charge in [0.2, 0.25) is 0 Å². The Labute approximate surface area is 146 Å². The number of aryl methyl sites for hydroxylation is 1. The minimum atomic E-state index is -3.39. The third kappa shape index (κ3) is 3.49. The largest absolute Gasteiger partial charge is 0.281 e. The molecular weight excluding hydrogens is 346 g/mol. The van der Waals surface area contributed by atoms with Crippen molar-refractivity contribution < 1.29 is 8.42 Å². The fourth-order valence-corrected chi connectivity index (χ4v) is 4.72. The molecule has 7 nitrogen and oxygen atoms in total. The zero-order valence-electron chi connectivity index (χ0n) is 14.0. The first-order valence-electron chi connectivity index (χ1n) is 7.80. The molecule has 2 aromatic heterocycles. The summed E-state index contributed by atoms with van der Waals surface area (Å²) < 4.78 is 27.5. The van der Waals surface area contributed by atoms with Gasteiger partial charge < -0.3 is 0 Å². The van der Waals surface area contributed by atoms with Crippen molar-refractivity contribution in [2.24, 2.45) is 0 Å². The van der Waals surface area contributed by atoms with E-state index in [0.29, 0.717) is 13.1 Å². The van der Waals surface area contributed by atoms with Gasteiger partial charge in [-0.15, -0.1) is 11.3 Å². The van der Waals surface area contributed by atoms with Gasteiger partial charge in [-0.05, 0) is 19.8 Å². The smallest absolute Gasteiger partial charge is 0.261 e. The van der Waals surface area contributed by atoms with Gasteiger partial charge in [0.15, 0.2) is 0 Å². The van der Waals surface area contributed by atoms with E-state index in [1.807, 2.05) is 6.92 Å². The Bertz CT molecular complexity index is 819. The van der Waals surface area contributed by atoms with Crippen LogP contribution >= 0.6 is 11.3 Å². The Balaban J connectivity index is 1.84. The summed E-state index contributed by atoms with van der Waals surface area (Å²) in [6.45, 7) is 2.95. The van der Waals surface area contributed by atoms with Crippen LogP contribution in [0.15, 0.2) is 18.6 Å². The third-order valence-corrected chi connectivity index (χ3v) is 6.96. The topological polar surface area (TPSA) is 79.3 Å². The number of piperidine rings is 1. The van der Waals surface area contributed by atoms with Gasteiger partial charge in [-0.1, -0.05) is 0 Å². The van der Waals surface area contributed by atoms with Crippen molar-refractivity contribution in [3.05, 3.63) is 29.3 Å². The molecule has 2 aromatic rings. The molecule has 3 rings (SSSR count). The van der Waals surface area contributed by atoms with Gasteiger partial charge in [0.1, 0.15) is 5.69 Å². The van der Waals surface area contributed by atoms with E-state index in [0.717, 1.165) is 34.1 Å². The van der Waals surface area contributed by atoms with Crippen LogP contribution in [0.25, 0.3) is 10.6 Å². The summed E-state index contributed by atoms with van der Waals surface area (Å²) >= 11 is 1.58. The highest BCUT2D eigenvalue weighted by Gasteiger charge is 2.31. The van der Waals surface area contributed by atoms with E-state index in [1.165, 1.54) is 8.61 Å². The summed E-state index contributed by atoms with van der Waals surface area (Å²) in [6, 6.07) is 0. The monoisotopic (exact) mass is 367 g/mol. The summed E-state index contributed by atoms with van der Waals surface area (Å²) in [5, 5.41) is 0.984. The van der Waals surface area contributed by atoms with E-state index < -0.39 is 10.2 Å². The van der Waals surface area contributed by atoms with Gasteiger partial charge in [0.25, 0.3) is 10.2 Å². The molecule has 1 saturated heterocycles. The van der Waals surface area contributed by atoms with Crippen molar-refractivity contribution >= 4 is 21.5 Å². The average molecular weight is 368 g/mol. The second-order valence-electron chi connectivity index (χ2n) is 6.06. The van der Waals surface area contributed by atoms with Crippen molar-refractivity contribution in [2.45, 2.75) is 25.7 Å². The van der Waals surface area contributed by atoms with Crippen LogP contribution in [-0.2, 0) is 10.2 Å². The Hall–Kier alpha value is -1.42. The van der Waals surface area contributed by atoms with Crippen LogP contribution < -0.4 is 0 Å². The summed E-state index contributed by atoms with van der Waals surface area (Å²) in [7, 11) is -0.267. The van der Waals surface area contributed by atoms with E-state index >= 15 is 0 Å². The standard InChI is InChI=1S/C15H21N5O2S2/c1-11-17-9-15(23-11)14-8-16-7-13(18-14)12-5-4-6-20(10-12)24(21,22)19(2)3/h7-9,12H,4-6,10H2,1-3H3. The molecule has 1 fully saturated rings. The first kappa shape index (κ1) is 17.4. The summed E-state index contributed by atoms with van der Waals surface area (Å²) in [6.07, 6.45) is 7.02. The van der Waals surface area contributed by atoms with Gasteiger partial charge in [0, 0.05) is 45.5 Å². The van der Waals surface area contributed by atoms with E-state index in [2.05, 4.69) is 9.97 Å². The number of hydrogen-bond acceptors (Lipinski definition) is 6. The second kappa shape index (κ2) is 6.83. The van der Waals surface area contributed by atoms with E-state index in [9.17, 15) is 8.42 Å². The average Bonchev–Trinajstić information content (AvgIpc) is 3.01. The first-order chi connectivity index (χ1) is 11.4. The molecule has 130 valence electrons. The second-order valence-corrected chi connectivity index (χ2v) is 9.44. The fourth-order valence-electron chi connectivity index (χ4n) is 2.80. The molecular formula is C15H21N5O2S2. The number of nitrogens with zero attached hydrogens (tertiary/aromatic N) is 5. The summed E-state index contributed by atoms with van der Waals surface area (Å²) in [5.74, 6) is 0.0648. The lowest BCUT2D eigenvalue weighted by Gasteiger charge is -2.33. The molecule has 1 unspecified atom stereocenters. The highest BCUT2D eigenvalue weighted by atomic mass is 32.2. The van der Waals surface area contributed by atoms with Crippen LogP contribution in [0, 0.1) is 6.92 Å². The van der Waals surface area contributed by atoms with Crippen molar-refractivity contribution in [2.75, 3.05) is 27.2 Å². The Morgan fingerprint density at radius 1 is 1.29 bits per heavy atom. The minimum absolute atomic E-state index is 0.0648. The maximum atomic E-state index is 12.4. The van der Waals surface area contributed by atoms with Crippen molar-refractivity contribution in [3.8, 4) is 10.6 Å². The molecule has 24 heavy (non-hydrogen) atoms. The third-order valence-electron chi connectivity index (χ3n) is 4.12. The molecule has 9 heteroatoms. The molecule has 1 atom stereocenters. The van der Waals surface area contributed by atoms with Gasteiger partial charge in [-0.3, -0.25) is 4.98 Å². The van der Waals surface area contributed by atoms with Crippen LogP contribution in [0.2, 0.25) is 0 Å². The Morgan fingerprint density at radius 3 is 2.75 bits per heavy atom. The van der Waals surface area contributed by atoms with Crippen LogP contribution in [0.4, 0.5) is 0 Å². The van der Waals surface area contributed by atoms with Crippen LogP contribution in [-0.4, -0.2) is 59.2 Å². The highest BCUT2D eigenvalue weighted by Crippen LogP contribution is 2.30. The van der Waals surface area contributed by atoms with Gasteiger partial charge in [0.05, 0.1) is 21.8 Å². The molecule has 0 saturated carbocycles. The first-order valence-corrected chi connectivity index (χ1v) is 10.0.